The summed E-state index contributed by atoms with van der Waals surface area (Å²) in [5, 5.41) is 8.50. The molecule has 0 saturated carbocycles. The summed E-state index contributed by atoms with van der Waals surface area (Å²) in [6.45, 7) is 0. The molecule has 0 amide bonds. The van der Waals surface area contributed by atoms with Crippen LogP contribution in [0, 0.1) is 5.82 Å². The lowest BCUT2D eigenvalue weighted by molar-refractivity contribution is 0.631. The van der Waals surface area contributed by atoms with Crippen LogP contribution in [0.25, 0.3) is 55.7 Å². The Kier molecular flexibility index (Phi) is 3.89. The number of nitrogens with one attached hydrogen (secondary N) is 2. The average Bonchev–Trinajstić information content (AvgIpc) is 3.43. The molecule has 0 saturated heterocycles. The van der Waals surface area contributed by atoms with Crippen LogP contribution in [0.4, 0.5) is 4.39 Å². The molecule has 0 aliphatic carbocycles. The average molecular weight is 405 g/mol. The lowest BCUT2D eigenvalue weighted by Crippen LogP contribution is -1.86. The molecule has 148 valence electrons. The molecule has 4 heterocycles. The van der Waals surface area contributed by atoms with Crippen LogP contribution in [0.3, 0.4) is 0 Å². The second kappa shape index (κ2) is 6.88. The van der Waals surface area contributed by atoms with Gasteiger partial charge in [0.15, 0.2) is 0 Å². The second-order valence-electron chi connectivity index (χ2n) is 7.34. The number of halogens is 1. The smallest absolute Gasteiger partial charge is 0.135 e. The molecule has 6 rings (SSSR count). The topological polar surface area (TPSA) is 70.2 Å². The van der Waals surface area contributed by atoms with Gasteiger partial charge in [0.05, 0.1) is 16.9 Å². The van der Waals surface area contributed by atoms with Gasteiger partial charge in [-0.15, -0.1) is 0 Å². The van der Waals surface area contributed by atoms with Gasteiger partial charge in [-0.2, -0.15) is 5.10 Å². The Hall–Kier alpha value is -4.32. The van der Waals surface area contributed by atoms with Gasteiger partial charge in [0.1, 0.15) is 17.0 Å². The predicted octanol–water partition coefficient (Wildman–Crippen LogP) is 5.97. The second-order valence-corrected chi connectivity index (χ2v) is 7.34. The fourth-order valence-corrected chi connectivity index (χ4v) is 3.96. The van der Waals surface area contributed by atoms with E-state index in [-0.39, 0.29) is 5.82 Å². The van der Waals surface area contributed by atoms with Crippen LogP contribution in [0.5, 0.6) is 0 Å². The van der Waals surface area contributed by atoms with E-state index in [1.165, 1.54) is 6.07 Å². The molecule has 31 heavy (non-hydrogen) atoms. The summed E-state index contributed by atoms with van der Waals surface area (Å²) in [6.07, 6.45) is 3.53. The third-order valence-corrected chi connectivity index (χ3v) is 5.45. The monoisotopic (exact) mass is 405 g/mol. The lowest BCUT2D eigenvalue weighted by Gasteiger charge is -2.04. The molecule has 0 radical (unpaired) electrons. The van der Waals surface area contributed by atoms with Crippen molar-refractivity contribution in [2.24, 2.45) is 0 Å². The van der Waals surface area contributed by atoms with Crippen molar-refractivity contribution in [3.63, 3.8) is 0 Å². The van der Waals surface area contributed by atoms with Crippen molar-refractivity contribution in [1.29, 1.82) is 0 Å². The number of aromatic amines is 2. The zero-order chi connectivity index (χ0) is 20.8. The number of nitrogens with zero attached hydrogens (tertiary/aromatic N) is 3. The van der Waals surface area contributed by atoms with Crippen molar-refractivity contribution in [2.75, 3.05) is 0 Å². The Morgan fingerprint density at radius 1 is 0.806 bits per heavy atom. The van der Waals surface area contributed by atoms with Crippen LogP contribution in [0.2, 0.25) is 0 Å². The fourth-order valence-electron chi connectivity index (χ4n) is 3.96. The number of hydrogen-bond acceptors (Lipinski definition) is 3. The minimum absolute atomic E-state index is 0.245. The first-order valence-corrected chi connectivity index (χ1v) is 9.90. The van der Waals surface area contributed by atoms with E-state index >= 15 is 0 Å². The number of H-pyrrole nitrogens is 2. The highest BCUT2D eigenvalue weighted by molar-refractivity contribution is 6.00. The Balaban J connectivity index is 1.53. The maximum Gasteiger partial charge on any atom is 0.135 e. The minimum Gasteiger partial charge on any atom is -0.353 e. The zero-order valence-corrected chi connectivity index (χ0v) is 16.3. The molecule has 2 N–H and O–H groups in total. The minimum atomic E-state index is -0.245. The van der Waals surface area contributed by atoms with Gasteiger partial charge in [-0.05, 0) is 48.0 Å². The molecular weight excluding hydrogens is 389 g/mol. The first kappa shape index (κ1) is 17.5. The standard InChI is InChI=1S/C25H16FN5/c26-19-8-2-1-6-17(19)16-7-3-9-21-18(16)13-23(28-21)25-24-22(30-31-25)11-10-20(29-24)15-5-4-12-27-14-15/h1-14,28H,(H,30,31). The first-order valence-electron chi connectivity index (χ1n) is 9.90. The summed E-state index contributed by atoms with van der Waals surface area (Å²) >= 11 is 0. The molecule has 4 aromatic heterocycles. The van der Waals surface area contributed by atoms with Gasteiger partial charge < -0.3 is 4.98 Å². The van der Waals surface area contributed by atoms with Crippen molar-refractivity contribution in [3.05, 3.63) is 91.0 Å². The van der Waals surface area contributed by atoms with Gasteiger partial charge in [-0.3, -0.25) is 10.1 Å². The Morgan fingerprint density at radius 3 is 2.58 bits per heavy atom. The van der Waals surface area contributed by atoms with Crippen molar-refractivity contribution in [3.8, 4) is 33.8 Å². The summed E-state index contributed by atoms with van der Waals surface area (Å²) < 4.78 is 14.5. The van der Waals surface area contributed by atoms with Gasteiger partial charge in [-0.25, -0.2) is 9.37 Å². The molecule has 2 aromatic carbocycles. The quantitative estimate of drug-likeness (QED) is 0.381. The Labute approximate surface area is 176 Å². The van der Waals surface area contributed by atoms with Gasteiger partial charge in [0, 0.05) is 34.4 Å². The third-order valence-electron chi connectivity index (χ3n) is 5.45. The van der Waals surface area contributed by atoms with Crippen LogP contribution in [-0.2, 0) is 0 Å². The Bertz CT molecular complexity index is 1550. The Morgan fingerprint density at radius 2 is 1.71 bits per heavy atom. The van der Waals surface area contributed by atoms with Crippen LogP contribution < -0.4 is 0 Å². The van der Waals surface area contributed by atoms with Crippen LogP contribution >= 0.6 is 0 Å². The number of benzene rings is 2. The number of pyridine rings is 2. The molecule has 0 aliphatic heterocycles. The molecular formula is C25H16FN5. The van der Waals surface area contributed by atoms with Gasteiger partial charge in [-0.1, -0.05) is 30.3 Å². The van der Waals surface area contributed by atoms with E-state index in [9.17, 15) is 4.39 Å². The predicted molar refractivity (Wildman–Crippen MR) is 120 cm³/mol. The molecule has 0 bridgehead atoms. The van der Waals surface area contributed by atoms with E-state index in [0.717, 1.165) is 50.1 Å². The summed E-state index contributed by atoms with van der Waals surface area (Å²) in [5.41, 5.74) is 7.23. The van der Waals surface area contributed by atoms with Crippen molar-refractivity contribution >= 4 is 21.9 Å². The van der Waals surface area contributed by atoms with Gasteiger partial charge >= 0.3 is 0 Å². The van der Waals surface area contributed by atoms with Crippen molar-refractivity contribution in [1.82, 2.24) is 25.1 Å². The molecule has 0 atom stereocenters. The van der Waals surface area contributed by atoms with Crippen LogP contribution in [0.15, 0.2) is 85.2 Å². The molecule has 5 nitrogen and oxygen atoms in total. The fraction of sp³-hybridized carbons (Fsp3) is 0. The summed E-state index contributed by atoms with van der Waals surface area (Å²) in [5.74, 6) is -0.245. The largest absolute Gasteiger partial charge is 0.353 e. The SMILES string of the molecule is Fc1ccccc1-c1cccc2[nH]c(-c3n[nH]c4ccc(-c5cccnc5)nc34)cc12. The van der Waals surface area contributed by atoms with E-state index in [2.05, 4.69) is 20.2 Å². The van der Waals surface area contributed by atoms with Crippen molar-refractivity contribution in [2.45, 2.75) is 0 Å². The molecule has 6 heteroatoms. The molecule has 0 aliphatic rings. The number of rotatable bonds is 3. The highest BCUT2D eigenvalue weighted by atomic mass is 19.1. The van der Waals surface area contributed by atoms with Crippen LogP contribution in [0.1, 0.15) is 0 Å². The highest BCUT2D eigenvalue weighted by Crippen LogP contribution is 2.35. The van der Waals surface area contributed by atoms with Crippen molar-refractivity contribution < 1.29 is 4.39 Å². The van der Waals surface area contributed by atoms with Crippen LogP contribution in [-0.4, -0.2) is 25.1 Å². The normalized spacial score (nSPS) is 11.4. The van der Waals surface area contributed by atoms with Gasteiger partial charge in [0.2, 0.25) is 0 Å². The van der Waals surface area contributed by atoms with E-state index < -0.39 is 0 Å². The van der Waals surface area contributed by atoms with E-state index in [1.54, 1.807) is 24.5 Å². The number of fused-ring (bicyclic) bond motifs is 2. The lowest BCUT2D eigenvalue weighted by atomic mass is 10.0. The van der Waals surface area contributed by atoms with E-state index in [1.807, 2.05) is 54.6 Å². The van der Waals surface area contributed by atoms with Gasteiger partial charge in [0.25, 0.3) is 0 Å². The van der Waals surface area contributed by atoms with E-state index in [4.69, 9.17) is 4.98 Å². The molecule has 6 aromatic rings. The first-order chi connectivity index (χ1) is 15.3. The molecule has 0 fully saturated rings. The molecule has 0 unspecified atom stereocenters. The number of hydrogen-bond donors (Lipinski definition) is 2. The summed E-state index contributed by atoms with van der Waals surface area (Å²) in [4.78, 5) is 12.4. The maximum atomic E-state index is 14.5. The highest BCUT2D eigenvalue weighted by Gasteiger charge is 2.16. The zero-order valence-electron chi connectivity index (χ0n) is 16.3. The summed E-state index contributed by atoms with van der Waals surface area (Å²) in [6, 6.07) is 22.4. The maximum absolute atomic E-state index is 14.5. The summed E-state index contributed by atoms with van der Waals surface area (Å²) in [7, 11) is 0. The third kappa shape index (κ3) is 2.88. The van der Waals surface area contributed by atoms with E-state index in [0.29, 0.717) is 5.56 Å². The number of aromatic nitrogens is 5. The molecule has 0 spiro atoms.